The Labute approximate surface area is 192 Å². The first kappa shape index (κ1) is 20.5. The Balaban J connectivity index is 1.53. The number of carbonyl (C=O) groups is 1. The third-order valence-electron chi connectivity index (χ3n) is 6.63. The fourth-order valence-electron chi connectivity index (χ4n) is 4.77. The van der Waals surface area contributed by atoms with Crippen molar-refractivity contribution in [1.82, 2.24) is 9.97 Å². The van der Waals surface area contributed by atoms with Crippen LogP contribution >= 0.6 is 12.6 Å². The van der Waals surface area contributed by atoms with Crippen LogP contribution in [0.1, 0.15) is 36.2 Å². The minimum Gasteiger partial charge on any atom is -0.328 e. The molecule has 1 atom stereocenters. The highest BCUT2D eigenvalue weighted by Crippen LogP contribution is 2.50. The van der Waals surface area contributed by atoms with Gasteiger partial charge in [-0.2, -0.15) is 5.26 Å². The van der Waals surface area contributed by atoms with Crippen molar-refractivity contribution in [2.75, 3.05) is 9.80 Å². The summed E-state index contributed by atoms with van der Waals surface area (Å²) >= 11 is 4.89. The molecular weight excluding hydrogens is 418 g/mol. The van der Waals surface area contributed by atoms with E-state index in [1.54, 1.807) is 17.3 Å². The van der Waals surface area contributed by atoms with Gasteiger partial charge in [0.05, 0.1) is 11.9 Å². The second-order valence-electron chi connectivity index (χ2n) is 8.43. The topological polar surface area (TPSA) is 73.1 Å². The van der Waals surface area contributed by atoms with E-state index < -0.39 is 11.0 Å². The van der Waals surface area contributed by atoms with Crippen LogP contribution < -0.4 is 9.80 Å². The Bertz CT molecular complexity index is 1250. The van der Waals surface area contributed by atoms with Gasteiger partial charge in [0, 0.05) is 23.1 Å². The Hall–Kier alpha value is -3.37. The summed E-state index contributed by atoms with van der Waals surface area (Å²) < 4.78 is 0. The molecule has 7 heteroatoms. The van der Waals surface area contributed by atoms with Crippen LogP contribution in [0.25, 0.3) is 11.1 Å². The maximum atomic E-state index is 13.6. The minimum absolute atomic E-state index is 0.0434. The molecule has 1 aromatic carbocycles. The summed E-state index contributed by atoms with van der Waals surface area (Å²) in [6.45, 7) is 3.83. The standard InChI is InChI=1S/C25H23N5OS/c1-16-13-20(15-28-22(16)14-26)29-23(31)25(10-4-11-25)30(24(29)32)19-8-6-18(7-9-19)21-5-3-12-27-17(21)2/h3,5-9,12-13,15,24,32H,4,10-11H2,1-2H3. The Morgan fingerprint density at radius 3 is 2.47 bits per heavy atom. The average molecular weight is 442 g/mol. The van der Waals surface area contributed by atoms with Gasteiger partial charge in [-0.1, -0.05) is 18.2 Å². The molecule has 2 aliphatic rings. The second-order valence-corrected chi connectivity index (χ2v) is 8.89. The number of anilines is 2. The Morgan fingerprint density at radius 1 is 1.12 bits per heavy atom. The number of aryl methyl sites for hydroxylation is 2. The molecule has 0 radical (unpaired) electrons. The van der Waals surface area contributed by atoms with Crippen LogP contribution in [0.4, 0.5) is 11.4 Å². The van der Waals surface area contributed by atoms with Gasteiger partial charge in [-0.05, 0) is 68.5 Å². The number of carbonyl (C=O) groups excluding carboxylic acids is 1. The molecule has 1 spiro atoms. The van der Waals surface area contributed by atoms with E-state index in [0.717, 1.165) is 47.3 Å². The number of nitriles is 1. The zero-order valence-corrected chi connectivity index (χ0v) is 18.9. The number of hydrogen-bond acceptors (Lipinski definition) is 6. The van der Waals surface area contributed by atoms with E-state index >= 15 is 0 Å². The SMILES string of the molecule is Cc1cc(N2C(=O)C3(CCC3)N(c3ccc(-c4cccnc4C)cc3)C2S)cnc1C#N. The molecule has 32 heavy (non-hydrogen) atoms. The lowest BCUT2D eigenvalue weighted by molar-refractivity contribution is -0.124. The summed E-state index contributed by atoms with van der Waals surface area (Å²) in [7, 11) is 0. The molecule has 1 aliphatic heterocycles. The summed E-state index contributed by atoms with van der Waals surface area (Å²) in [5, 5.41) is 9.20. The molecule has 160 valence electrons. The van der Waals surface area contributed by atoms with Gasteiger partial charge < -0.3 is 4.90 Å². The first-order valence-corrected chi connectivity index (χ1v) is 11.2. The predicted octanol–water partition coefficient (Wildman–Crippen LogP) is 4.62. The van der Waals surface area contributed by atoms with Crippen LogP contribution in [0.3, 0.4) is 0 Å². The molecule has 3 aromatic rings. The van der Waals surface area contributed by atoms with Gasteiger partial charge in [-0.15, -0.1) is 12.6 Å². The largest absolute Gasteiger partial charge is 0.328 e. The molecule has 2 fully saturated rings. The molecule has 1 amide bonds. The van der Waals surface area contributed by atoms with Crippen molar-refractivity contribution >= 4 is 29.9 Å². The van der Waals surface area contributed by atoms with Gasteiger partial charge in [-0.25, -0.2) is 4.98 Å². The van der Waals surface area contributed by atoms with Crippen molar-refractivity contribution in [3.63, 3.8) is 0 Å². The quantitative estimate of drug-likeness (QED) is 0.601. The van der Waals surface area contributed by atoms with Crippen molar-refractivity contribution in [2.24, 2.45) is 0 Å². The van der Waals surface area contributed by atoms with Gasteiger partial charge in [-0.3, -0.25) is 14.7 Å². The second kappa shape index (κ2) is 7.64. The van der Waals surface area contributed by atoms with E-state index in [4.69, 9.17) is 12.6 Å². The van der Waals surface area contributed by atoms with E-state index in [9.17, 15) is 10.1 Å². The van der Waals surface area contributed by atoms with Gasteiger partial charge >= 0.3 is 0 Å². The van der Waals surface area contributed by atoms with E-state index in [1.165, 1.54) is 0 Å². The fraction of sp³-hybridized carbons (Fsp3) is 0.280. The third-order valence-corrected chi connectivity index (χ3v) is 7.09. The summed E-state index contributed by atoms with van der Waals surface area (Å²) in [5.74, 6) is 0.0434. The molecule has 1 saturated heterocycles. The number of aromatic nitrogens is 2. The molecule has 2 aromatic heterocycles. The van der Waals surface area contributed by atoms with Crippen molar-refractivity contribution < 1.29 is 4.79 Å². The van der Waals surface area contributed by atoms with Crippen molar-refractivity contribution in [3.05, 3.63) is 71.8 Å². The zero-order valence-electron chi connectivity index (χ0n) is 18.0. The van der Waals surface area contributed by atoms with Crippen LogP contribution in [0.2, 0.25) is 0 Å². The number of pyridine rings is 2. The van der Waals surface area contributed by atoms with Crippen LogP contribution in [-0.2, 0) is 4.79 Å². The summed E-state index contributed by atoms with van der Waals surface area (Å²) in [6, 6.07) is 16.2. The molecule has 5 rings (SSSR count). The maximum absolute atomic E-state index is 13.6. The minimum atomic E-state index is -0.583. The summed E-state index contributed by atoms with van der Waals surface area (Å²) in [4.78, 5) is 26.1. The maximum Gasteiger partial charge on any atom is 0.255 e. The number of nitrogens with zero attached hydrogens (tertiary/aromatic N) is 5. The first-order chi connectivity index (χ1) is 15.5. The average Bonchev–Trinajstić information content (AvgIpc) is 3.01. The number of thiol groups is 1. The lowest BCUT2D eigenvalue weighted by Crippen LogP contribution is -2.55. The molecular formula is C25H23N5OS. The van der Waals surface area contributed by atoms with Crippen molar-refractivity contribution in [2.45, 2.75) is 44.1 Å². The molecule has 0 N–H and O–H groups in total. The zero-order chi connectivity index (χ0) is 22.5. The van der Waals surface area contributed by atoms with E-state index in [-0.39, 0.29) is 5.91 Å². The van der Waals surface area contributed by atoms with Crippen LogP contribution in [0.5, 0.6) is 0 Å². The van der Waals surface area contributed by atoms with E-state index in [1.807, 2.05) is 26.0 Å². The smallest absolute Gasteiger partial charge is 0.255 e. The Kier molecular flexibility index (Phi) is 4.90. The number of benzene rings is 1. The van der Waals surface area contributed by atoms with Gasteiger partial charge in [0.15, 0.2) is 5.50 Å². The van der Waals surface area contributed by atoms with Crippen LogP contribution in [0.15, 0.2) is 54.9 Å². The molecule has 3 heterocycles. The normalized spacial score (nSPS) is 19.2. The first-order valence-electron chi connectivity index (χ1n) is 10.7. The molecule has 1 saturated carbocycles. The molecule has 1 aliphatic carbocycles. The lowest BCUT2D eigenvalue weighted by Gasteiger charge is -2.44. The van der Waals surface area contributed by atoms with Gasteiger partial charge in [0.2, 0.25) is 0 Å². The van der Waals surface area contributed by atoms with E-state index in [2.05, 4.69) is 51.3 Å². The third kappa shape index (κ3) is 2.98. The molecule has 1 unspecified atom stereocenters. The molecule has 0 bridgehead atoms. The summed E-state index contributed by atoms with van der Waals surface area (Å²) in [5.41, 5.74) is 4.87. The fourth-order valence-corrected chi connectivity index (χ4v) is 5.36. The number of rotatable bonds is 3. The lowest BCUT2D eigenvalue weighted by atomic mass is 9.75. The highest BCUT2D eigenvalue weighted by atomic mass is 32.1. The summed E-state index contributed by atoms with van der Waals surface area (Å²) in [6.07, 6.45) is 5.99. The van der Waals surface area contributed by atoms with Crippen molar-refractivity contribution in [1.29, 1.82) is 5.26 Å². The highest BCUT2D eigenvalue weighted by molar-refractivity contribution is 7.81. The van der Waals surface area contributed by atoms with Crippen LogP contribution in [-0.4, -0.2) is 26.9 Å². The molecule has 6 nitrogen and oxygen atoms in total. The van der Waals surface area contributed by atoms with Crippen LogP contribution in [0, 0.1) is 25.2 Å². The monoisotopic (exact) mass is 441 g/mol. The Morgan fingerprint density at radius 2 is 1.88 bits per heavy atom. The van der Waals surface area contributed by atoms with E-state index in [0.29, 0.717) is 11.4 Å². The highest BCUT2D eigenvalue weighted by Gasteiger charge is 2.60. The van der Waals surface area contributed by atoms with Crippen molar-refractivity contribution in [3.8, 4) is 17.2 Å². The van der Waals surface area contributed by atoms with Gasteiger partial charge in [0.25, 0.3) is 5.91 Å². The number of amides is 1. The predicted molar refractivity (Wildman–Crippen MR) is 127 cm³/mol. The van der Waals surface area contributed by atoms with Gasteiger partial charge in [0.1, 0.15) is 17.3 Å². The number of hydrogen-bond donors (Lipinski definition) is 1.